The fourth-order valence-corrected chi connectivity index (χ4v) is 2.99. The lowest BCUT2D eigenvalue weighted by atomic mass is 10.1. The van der Waals surface area contributed by atoms with Gasteiger partial charge in [-0.15, -0.1) is 0 Å². The van der Waals surface area contributed by atoms with Crippen LogP contribution in [0.4, 0.5) is 25.1 Å². The summed E-state index contributed by atoms with van der Waals surface area (Å²) in [6.07, 6.45) is 1.70. The second-order valence-corrected chi connectivity index (χ2v) is 6.43. The molecule has 0 spiro atoms. The summed E-state index contributed by atoms with van der Waals surface area (Å²) in [7, 11) is 0. The van der Waals surface area contributed by atoms with Gasteiger partial charge in [-0.05, 0) is 31.2 Å². The minimum Gasteiger partial charge on any atom is -0.396 e. The molecule has 1 aliphatic heterocycles. The van der Waals surface area contributed by atoms with E-state index in [0.717, 1.165) is 23.4 Å². The van der Waals surface area contributed by atoms with Crippen LogP contribution in [0.3, 0.4) is 0 Å². The fourth-order valence-electron chi connectivity index (χ4n) is 2.99. The van der Waals surface area contributed by atoms with Crippen molar-refractivity contribution < 1.29 is 13.6 Å². The molecule has 0 atom stereocenters. The van der Waals surface area contributed by atoms with Crippen molar-refractivity contribution >= 4 is 17.5 Å². The highest BCUT2D eigenvalue weighted by atomic mass is 19.1. The lowest BCUT2D eigenvalue weighted by Crippen LogP contribution is -2.31. The van der Waals surface area contributed by atoms with Gasteiger partial charge in [0.25, 0.3) is 0 Å². The van der Waals surface area contributed by atoms with Gasteiger partial charge in [0, 0.05) is 23.4 Å². The Bertz CT molecular complexity index is 1090. The summed E-state index contributed by atoms with van der Waals surface area (Å²) in [5, 5.41) is 2.65. The molecule has 2 amide bonds. The molecule has 0 unspecified atom stereocenters. The minimum atomic E-state index is -0.751. The number of urea groups is 1. The van der Waals surface area contributed by atoms with E-state index in [1.807, 2.05) is 0 Å². The predicted molar refractivity (Wildman–Crippen MR) is 99.0 cm³/mol. The van der Waals surface area contributed by atoms with E-state index in [1.165, 1.54) is 18.2 Å². The molecule has 1 aromatic carbocycles. The molecule has 3 N–H and O–H groups in total. The zero-order chi connectivity index (χ0) is 19.8. The number of hydrogen-bond donors (Lipinski definition) is 2. The largest absolute Gasteiger partial charge is 0.396 e. The van der Waals surface area contributed by atoms with E-state index in [0.29, 0.717) is 18.9 Å². The molecule has 0 radical (unpaired) electrons. The number of carbonyl (C=O) groups is 1. The van der Waals surface area contributed by atoms with Crippen molar-refractivity contribution in [2.45, 2.75) is 20.0 Å². The van der Waals surface area contributed by atoms with Crippen LogP contribution < -0.4 is 11.1 Å². The maximum Gasteiger partial charge on any atom is 0.323 e. The number of nitrogens with one attached hydrogen (secondary N) is 1. The Kier molecular flexibility index (Phi) is 4.34. The van der Waals surface area contributed by atoms with Gasteiger partial charge in [-0.2, -0.15) is 0 Å². The third-order valence-electron chi connectivity index (χ3n) is 4.42. The molecule has 7 nitrogen and oxygen atoms in total. The molecule has 1 aliphatic rings. The van der Waals surface area contributed by atoms with Crippen LogP contribution in [0.25, 0.3) is 11.3 Å². The zero-order valence-electron chi connectivity index (χ0n) is 14.9. The maximum absolute atomic E-state index is 14.0. The van der Waals surface area contributed by atoms with E-state index >= 15 is 0 Å². The summed E-state index contributed by atoms with van der Waals surface area (Å²) in [5.74, 6) is -0.693. The Balaban J connectivity index is 1.56. The number of nitrogen functional groups attached to an aromatic ring is 1. The van der Waals surface area contributed by atoms with Crippen molar-refractivity contribution in [2.24, 2.45) is 0 Å². The number of aryl methyl sites for hydroxylation is 1. The number of nitrogens with two attached hydrogens (primary N) is 1. The molecule has 0 fully saturated rings. The number of aromatic nitrogens is 3. The third kappa shape index (κ3) is 3.34. The number of rotatable bonds is 2. The highest BCUT2D eigenvalue weighted by Gasteiger charge is 2.25. The van der Waals surface area contributed by atoms with Crippen molar-refractivity contribution in [1.29, 1.82) is 0 Å². The number of benzene rings is 1. The zero-order valence-corrected chi connectivity index (χ0v) is 14.9. The number of fused-ring (bicyclic) bond motifs is 1. The molecule has 4 rings (SSSR count). The highest BCUT2D eigenvalue weighted by Crippen LogP contribution is 2.27. The number of hydrogen-bond acceptors (Lipinski definition) is 5. The first-order chi connectivity index (χ1) is 13.4. The van der Waals surface area contributed by atoms with Crippen LogP contribution in [0.15, 0.2) is 36.5 Å². The molecule has 28 heavy (non-hydrogen) atoms. The van der Waals surface area contributed by atoms with E-state index in [1.54, 1.807) is 18.0 Å². The van der Waals surface area contributed by atoms with E-state index in [2.05, 4.69) is 20.3 Å². The molecular formula is C19H16F2N6O. The van der Waals surface area contributed by atoms with Crippen molar-refractivity contribution in [3.8, 4) is 11.3 Å². The summed E-state index contributed by atoms with van der Waals surface area (Å²) >= 11 is 0. The Labute approximate surface area is 159 Å². The van der Waals surface area contributed by atoms with Gasteiger partial charge < -0.3 is 10.6 Å². The molecule has 3 heterocycles. The van der Waals surface area contributed by atoms with Crippen molar-refractivity contribution in [3.05, 3.63) is 65.2 Å². The van der Waals surface area contributed by atoms with Crippen LogP contribution in [-0.2, 0) is 13.1 Å². The summed E-state index contributed by atoms with van der Waals surface area (Å²) in [6, 6.07) is 5.80. The van der Waals surface area contributed by atoms with E-state index in [9.17, 15) is 13.6 Å². The molecule has 0 saturated carbocycles. The number of anilines is 2. The Hall–Kier alpha value is -3.62. The van der Waals surface area contributed by atoms with E-state index in [-0.39, 0.29) is 22.8 Å². The first-order valence-corrected chi connectivity index (χ1v) is 8.50. The van der Waals surface area contributed by atoms with Crippen LogP contribution >= 0.6 is 0 Å². The topological polar surface area (TPSA) is 97.0 Å². The van der Waals surface area contributed by atoms with Crippen LogP contribution in [-0.4, -0.2) is 25.9 Å². The second kappa shape index (κ2) is 6.84. The number of pyridine rings is 1. The first kappa shape index (κ1) is 17.8. The Morgan fingerprint density at radius 3 is 2.79 bits per heavy atom. The molecule has 142 valence electrons. The van der Waals surface area contributed by atoms with Gasteiger partial charge in [-0.3, -0.25) is 5.32 Å². The van der Waals surface area contributed by atoms with Gasteiger partial charge in [-0.25, -0.2) is 28.5 Å². The first-order valence-electron chi connectivity index (χ1n) is 8.50. The van der Waals surface area contributed by atoms with Gasteiger partial charge in [0.05, 0.1) is 30.2 Å². The normalized spacial score (nSPS) is 12.8. The number of amides is 2. The molecule has 0 aliphatic carbocycles. The van der Waals surface area contributed by atoms with Crippen LogP contribution in [0.5, 0.6) is 0 Å². The number of carbonyl (C=O) groups excluding carboxylic acids is 1. The second-order valence-electron chi connectivity index (χ2n) is 6.43. The van der Waals surface area contributed by atoms with Gasteiger partial charge in [0.15, 0.2) is 5.82 Å². The van der Waals surface area contributed by atoms with Gasteiger partial charge >= 0.3 is 6.03 Å². The SMILES string of the molecule is Cc1ncc2c(n1)CN(C(=O)Nc1nc(-c3ccc(F)cc3F)ccc1N)C2. The number of halogens is 2. The number of nitrogens with zero attached hydrogens (tertiary/aromatic N) is 4. The maximum atomic E-state index is 14.0. The van der Waals surface area contributed by atoms with Crippen molar-refractivity contribution in [3.63, 3.8) is 0 Å². The Morgan fingerprint density at radius 1 is 1.18 bits per heavy atom. The summed E-state index contributed by atoms with van der Waals surface area (Å²) < 4.78 is 27.2. The lowest BCUT2D eigenvalue weighted by Gasteiger charge is -2.17. The average molecular weight is 382 g/mol. The molecule has 2 aromatic heterocycles. The van der Waals surface area contributed by atoms with E-state index < -0.39 is 17.7 Å². The standard InChI is InChI=1S/C19H16F2N6O/c1-10-23-7-11-8-27(9-17(11)24-10)19(28)26-18-15(22)4-5-16(25-18)13-3-2-12(20)6-14(13)21/h2-7H,8-9,22H2,1H3,(H,25,26,28). The molecule has 3 aromatic rings. The van der Waals surface area contributed by atoms with Crippen molar-refractivity contribution in [1.82, 2.24) is 19.9 Å². The van der Waals surface area contributed by atoms with Gasteiger partial charge in [-0.1, -0.05) is 0 Å². The smallest absolute Gasteiger partial charge is 0.323 e. The molecule has 0 saturated heterocycles. The van der Waals surface area contributed by atoms with Gasteiger partial charge in [0.1, 0.15) is 17.5 Å². The summed E-state index contributed by atoms with van der Waals surface area (Å²) in [4.78, 5) is 26.9. The monoisotopic (exact) mass is 382 g/mol. The van der Waals surface area contributed by atoms with Crippen LogP contribution in [0.2, 0.25) is 0 Å². The quantitative estimate of drug-likeness (QED) is 0.709. The fraction of sp³-hybridized carbons (Fsp3) is 0.158. The van der Waals surface area contributed by atoms with E-state index in [4.69, 9.17) is 5.73 Å². The lowest BCUT2D eigenvalue weighted by molar-refractivity contribution is 0.212. The summed E-state index contributed by atoms with van der Waals surface area (Å²) in [5.41, 5.74) is 8.15. The summed E-state index contributed by atoms with van der Waals surface area (Å²) in [6.45, 7) is 2.50. The van der Waals surface area contributed by atoms with Crippen molar-refractivity contribution in [2.75, 3.05) is 11.1 Å². The third-order valence-corrected chi connectivity index (χ3v) is 4.42. The highest BCUT2D eigenvalue weighted by molar-refractivity contribution is 5.92. The van der Waals surface area contributed by atoms with Gasteiger partial charge in [0.2, 0.25) is 0 Å². The van der Waals surface area contributed by atoms with Crippen LogP contribution in [0.1, 0.15) is 17.1 Å². The average Bonchev–Trinajstić information content (AvgIpc) is 3.07. The van der Waals surface area contributed by atoms with Crippen LogP contribution in [0, 0.1) is 18.6 Å². The molecular weight excluding hydrogens is 366 g/mol. The Morgan fingerprint density at radius 2 is 2.00 bits per heavy atom. The predicted octanol–water partition coefficient (Wildman–Crippen LogP) is 3.26. The molecule has 0 bridgehead atoms. The minimum absolute atomic E-state index is 0.101. The molecule has 9 heteroatoms.